The summed E-state index contributed by atoms with van der Waals surface area (Å²) in [6.07, 6.45) is 1.97. The predicted octanol–water partition coefficient (Wildman–Crippen LogP) is 12.2. The minimum atomic E-state index is -2.40. The second-order valence-electron chi connectivity index (χ2n) is 15.5. The molecule has 9 aromatic rings. The van der Waals surface area contributed by atoms with Crippen molar-refractivity contribution in [1.82, 2.24) is 14.1 Å². The van der Waals surface area contributed by atoms with Crippen molar-refractivity contribution < 1.29 is 29.9 Å². The Labute approximate surface area is 346 Å². The van der Waals surface area contributed by atoms with Crippen molar-refractivity contribution in [1.29, 1.82) is 0 Å². The number of ether oxygens (including phenoxy) is 1. The summed E-state index contributed by atoms with van der Waals surface area (Å²) in [7, 11) is 2.11. The molecule has 0 bridgehead atoms. The molecule has 0 spiro atoms. The van der Waals surface area contributed by atoms with Gasteiger partial charge < -0.3 is 23.7 Å². The molecule has 0 atom stereocenters. The number of nitrogens with zero attached hydrogens (tertiary/aromatic N) is 5. The fourth-order valence-electron chi connectivity index (χ4n) is 7.92. The van der Waals surface area contributed by atoms with Crippen molar-refractivity contribution in [2.24, 2.45) is 7.05 Å². The molecular weight excluding hydrogens is 870 g/mol. The Morgan fingerprint density at radius 2 is 1.46 bits per heavy atom. The molecule has 1 aliphatic heterocycles. The van der Waals surface area contributed by atoms with Gasteiger partial charge in [0.15, 0.2) is 0 Å². The van der Waals surface area contributed by atoms with Crippen LogP contribution < -0.4 is 14.5 Å². The molecule has 0 aliphatic carbocycles. The van der Waals surface area contributed by atoms with Gasteiger partial charge in [0.2, 0.25) is 0 Å². The number of para-hydroxylation sites is 1. The van der Waals surface area contributed by atoms with E-state index in [0.717, 1.165) is 60.9 Å². The zero-order valence-electron chi connectivity index (χ0n) is 34.7. The molecule has 56 heavy (non-hydrogen) atoms. The molecule has 0 amide bonds. The van der Waals surface area contributed by atoms with Crippen molar-refractivity contribution in [2.75, 3.05) is 16.8 Å². The van der Waals surface area contributed by atoms with Gasteiger partial charge in [0, 0.05) is 89.2 Å². The fourth-order valence-corrected chi connectivity index (χ4v) is 7.92. The van der Waals surface area contributed by atoms with Crippen LogP contribution in [0.5, 0.6) is 11.5 Å². The minimum Gasteiger partial charge on any atom is -0.509 e. The summed E-state index contributed by atoms with van der Waals surface area (Å²) in [4.78, 5) is 8.29. The quantitative estimate of drug-likeness (QED) is 0.161. The number of aromatic nitrogens is 3. The smallest absolute Gasteiger partial charge is 0.137 e. The predicted molar refractivity (Wildman–Crippen MR) is 227 cm³/mol. The first-order chi connectivity index (χ1) is 27.8. The van der Waals surface area contributed by atoms with Gasteiger partial charge in [0.25, 0.3) is 0 Å². The van der Waals surface area contributed by atoms with Crippen LogP contribution in [0, 0.1) is 25.7 Å². The van der Waals surface area contributed by atoms with Crippen LogP contribution in [0.3, 0.4) is 0 Å². The maximum Gasteiger partial charge on any atom is 0.137 e. The number of fused-ring (bicyclic) bond motifs is 7. The first-order valence-corrected chi connectivity index (χ1v) is 18.5. The first-order valence-electron chi connectivity index (χ1n) is 20.0. The van der Waals surface area contributed by atoms with Gasteiger partial charge in [-0.1, -0.05) is 93.0 Å². The molecule has 0 unspecified atom stereocenters. The number of hydrogen-bond acceptors (Lipinski definition) is 4. The molecule has 0 saturated carbocycles. The maximum absolute atomic E-state index is 8.39. The Morgan fingerprint density at radius 3 is 2.29 bits per heavy atom. The van der Waals surface area contributed by atoms with Crippen LogP contribution in [0.4, 0.5) is 17.1 Å². The van der Waals surface area contributed by atoms with Crippen molar-refractivity contribution in [3.63, 3.8) is 0 Å². The van der Waals surface area contributed by atoms with Crippen LogP contribution in [0.15, 0.2) is 128 Å². The molecule has 3 aromatic heterocycles. The van der Waals surface area contributed by atoms with Gasteiger partial charge in [-0.05, 0) is 65.7 Å². The van der Waals surface area contributed by atoms with Crippen molar-refractivity contribution in [3.05, 3.63) is 157 Å². The van der Waals surface area contributed by atoms with E-state index < -0.39 is 6.98 Å². The third-order valence-electron chi connectivity index (χ3n) is 10.8. The van der Waals surface area contributed by atoms with Crippen LogP contribution in [0.2, 0.25) is 0 Å². The van der Waals surface area contributed by atoms with Crippen molar-refractivity contribution in [2.45, 2.75) is 33.1 Å². The van der Waals surface area contributed by atoms with E-state index in [1.54, 1.807) is 6.67 Å². The molecule has 7 heteroatoms. The Balaban J connectivity index is 0.00000449. The first kappa shape index (κ1) is 32.4. The van der Waals surface area contributed by atoms with E-state index in [1.807, 2.05) is 65.7 Å². The molecule has 0 N–H and O–H groups in total. The summed E-state index contributed by atoms with van der Waals surface area (Å²) in [5, 5.41) is 4.41. The summed E-state index contributed by atoms with van der Waals surface area (Å²) >= 11 is 0. The molecule has 10 rings (SSSR count). The summed E-state index contributed by atoms with van der Waals surface area (Å²) in [5.74, 6) is 1.80. The normalized spacial score (nSPS) is 13.9. The van der Waals surface area contributed by atoms with Crippen molar-refractivity contribution in [3.8, 4) is 28.4 Å². The van der Waals surface area contributed by atoms with E-state index in [1.165, 1.54) is 21.4 Å². The van der Waals surface area contributed by atoms with Crippen molar-refractivity contribution >= 4 is 60.7 Å². The number of benzene rings is 6. The summed E-state index contributed by atoms with van der Waals surface area (Å²) < 4.78 is 36.3. The fraction of sp³-hybridized carbons (Fsp3) is 0.143. The topological polar surface area (TPSA) is 38.5 Å². The van der Waals surface area contributed by atoms with Gasteiger partial charge in [0.05, 0.1) is 5.52 Å². The summed E-state index contributed by atoms with van der Waals surface area (Å²) in [6, 6.07) is 48.2. The average Bonchev–Trinajstić information content (AvgIpc) is 3.85. The molecule has 1 aliphatic rings. The van der Waals surface area contributed by atoms with Crippen LogP contribution in [0.1, 0.15) is 36.0 Å². The van der Waals surface area contributed by atoms with E-state index in [4.69, 9.17) is 13.8 Å². The van der Waals surface area contributed by atoms with Crippen LogP contribution >= 0.6 is 0 Å². The molecule has 0 saturated heterocycles. The monoisotopic (exact) mass is 912 g/mol. The Kier molecular flexibility index (Phi) is 7.77. The standard InChI is InChI=1S/C49H40N5O.Pt/c1-31-16-19-40-41-29-50-48(28-45(41)52(6)44(40)22-31)54-42-15-11-10-14-38(42)39-20-18-36(27-46(39)54)55-37-25-34(49(2,3)4)24-35(26-37)53-30-51(5)43-21-17-33(23-47(43)53)32-12-8-7-9-13-32;/h7-25,28-30H,1-6H3;/q-3;/i5D3;. The van der Waals surface area contributed by atoms with Gasteiger partial charge in [0.1, 0.15) is 5.82 Å². The average molecular weight is 913 g/mol. The van der Waals surface area contributed by atoms with E-state index in [9.17, 15) is 0 Å². The van der Waals surface area contributed by atoms with E-state index in [0.29, 0.717) is 22.9 Å². The maximum atomic E-state index is 8.39. The zero-order chi connectivity index (χ0) is 40.1. The summed E-state index contributed by atoms with van der Waals surface area (Å²) in [5.41, 5.74) is 10.1. The van der Waals surface area contributed by atoms with E-state index in [2.05, 4.69) is 123 Å². The Hall–Kier alpha value is -5.84. The number of hydrogen-bond donors (Lipinski definition) is 0. The van der Waals surface area contributed by atoms with Gasteiger partial charge in [-0.25, -0.2) is 4.98 Å². The van der Waals surface area contributed by atoms with Gasteiger partial charge in [-0.2, -0.15) is 12.7 Å². The molecule has 6 nitrogen and oxygen atoms in total. The largest absolute Gasteiger partial charge is 0.509 e. The number of aryl methyl sites for hydroxylation is 2. The van der Waals surface area contributed by atoms with Gasteiger partial charge >= 0.3 is 0 Å². The second-order valence-corrected chi connectivity index (χ2v) is 15.5. The van der Waals surface area contributed by atoms with Crippen LogP contribution in [-0.4, -0.2) is 21.1 Å². The Morgan fingerprint density at radius 1 is 0.696 bits per heavy atom. The number of pyridine rings is 1. The van der Waals surface area contributed by atoms with E-state index >= 15 is 0 Å². The molecule has 4 heterocycles. The Bertz CT molecular complexity index is 3090. The minimum absolute atomic E-state index is 0. The summed E-state index contributed by atoms with van der Waals surface area (Å²) in [6.45, 7) is 7.82. The molecular formula is C49H40N5OPt-3. The molecule has 6 aromatic carbocycles. The zero-order valence-corrected chi connectivity index (χ0v) is 33.9. The second kappa shape index (κ2) is 13.4. The van der Waals surface area contributed by atoms with Gasteiger partial charge in [-0.3, -0.25) is 0 Å². The number of anilines is 3. The molecule has 0 radical (unpaired) electrons. The van der Waals surface area contributed by atoms with E-state index in [-0.39, 0.29) is 26.5 Å². The SMILES string of the molecule is [2H]C([2H])([2H])N1[CH-]N(c2[c-]c(Oc3[c-]c4c(cc3)c3ccccc3n4-c3cc4c(cn3)c3ccc(C)cc3n4C)cc(C(C)(C)C)c2)c2cc(-c3ccccc3)ccc21.[Pt]. The van der Waals surface area contributed by atoms with Crippen LogP contribution in [0.25, 0.3) is 60.6 Å². The number of rotatable bonds is 5. The third kappa shape index (κ3) is 5.86. The van der Waals surface area contributed by atoms with Gasteiger partial charge in [-0.15, -0.1) is 47.0 Å². The third-order valence-corrected chi connectivity index (χ3v) is 10.8. The molecule has 0 fully saturated rings. The molecule has 280 valence electrons. The van der Waals surface area contributed by atoms with Crippen LogP contribution in [-0.2, 0) is 33.5 Å².